The topological polar surface area (TPSA) is 50.9 Å². The first kappa shape index (κ1) is 7.85. The van der Waals surface area contributed by atoms with E-state index in [9.17, 15) is 0 Å². The minimum absolute atomic E-state index is 0.742. The normalized spacial score (nSPS) is 9.64. The molecule has 1 aromatic heterocycles. The maximum atomic E-state index is 5.59. The Balaban J connectivity index is 2.86. The average molecular weight is 151 g/mol. The zero-order valence-corrected chi connectivity index (χ0v) is 6.89. The quantitative estimate of drug-likeness (QED) is 0.671. The van der Waals surface area contributed by atoms with E-state index in [0.29, 0.717) is 0 Å². The molecule has 3 heteroatoms. The summed E-state index contributed by atoms with van der Waals surface area (Å²) in [6.45, 7) is 4.89. The van der Waals surface area contributed by atoms with Gasteiger partial charge in [0.1, 0.15) is 5.82 Å². The van der Waals surface area contributed by atoms with Crippen LogP contribution in [0.15, 0.2) is 12.3 Å². The molecule has 1 heterocycles. The van der Waals surface area contributed by atoms with Crippen LogP contribution in [0.2, 0.25) is 0 Å². The van der Waals surface area contributed by atoms with Gasteiger partial charge in [0.15, 0.2) is 0 Å². The number of hydrogen-bond donors (Lipinski definition) is 2. The molecule has 0 fully saturated rings. The summed E-state index contributed by atoms with van der Waals surface area (Å²) in [6.07, 6.45) is 1.67. The van der Waals surface area contributed by atoms with Gasteiger partial charge in [-0.25, -0.2) is 4.98 Å². The Bertz CT molecular complexity index is 245. The molecule has 60 valence electrons. The van der Waals surface area contributed by atoms with E-state index in [2.05, 4.69) is 10.3 Å². The summed E-state index contributed by atoms with van der Waals surface area (Å²) in [7, 11) is 0. The number of nitrogens with two attached hydrogens (primary N) is 1. The van der Waals surface area contributed by atoms with Crippen LogP contribution in [0.1, 0.15) is 12.5 Å². The average Bonchev–Trinajstić information content (AvgIpc) is 1.98. The number of hydrogen-bond acceptors (Lipinski definition) is 3. The third kappa shape index (κ3) is 1.83. The molecule has 0 aliphatic heterocycles. The van der Waals surface area contributed by atoms with Crippen LogP contribution < -0.4 is 11.1 Å². The minimum Gasteiger partial charge on any atom is -0.397 e. The van der Waals surface area contributed by atoms with Gasteiger partial charge in [-0.05, 0) is 25.5 Å². The molecule has 0 aliphatic rings. The summed E-state index contributed by atoms with van der Waals surface area (Å²) in [5, 5.41) is 3.11. The van der Waals surface area contributed by atoms with E-state index in [1.807, 2.05) is 19.9 Å². The molecule has 0 saturated heterocycles. The van der Waals surface area contributed by atoms with Gasteiger partial charge in [0.05, 0.1) is 11.9 Å². The van der Waals surface area contributed by atoms with Gasteiger partial charge in [0.2, 0.25) is 0 Å². The Hall–Kier alpha value is -1.25. The summed E-state index contributed by atoms with van der Waals surface area (Å²) in [5.74, 6) is 0.888. The van der Waals surface area contributed by atoms with Crippen LogP contribution >= 0.6 is 0 Å². The highest BCUT2D eigenvalue weighted by Gasteiger charge is 1.95. The van der Waals surface area contributed by atoms with Crippen LogP contribution in [0, 0.1) is 6.92 Å². The third-order valence-electron chi connectivity index (χ3n) is 1.51. The highest BCUT2D eigenvalue weighted by atomic mass is 15.0. The molecule has 0 bridgehead atoms. The van der Waals surface area contributed by atoms with Crippen molar-refractivity contribution in [1.29, 1.82) is 0 Å². The first-order valence-corrected chi connectivity index (χ1v) is 3.70. The number of aromatic nitrogens is 1. The lowest BCUT2D eigenvalue weighted by atomic mass is 10.2. The maximum absolute atomic E-state index is 5.59. The van der Waals surface area contributed by atoms with Crippen molar-refractivity contribution in [2.45, 2.75) is 13.8 Å². The van der Waals surface area contributed by atoms with Gasteiger partial charge in [0, 0.05) is 6.54 Å². The molecule has 0 amide bonds. The number of nitrogens with zero attached hydrogens (tertiary/aromatic N) is 1. The summed E-state index contributed by atoms with van der Waals surface area (Å²) in [6, 6.07) is 1.94. The largest absolute Gasteiger partial charge is 0.397 e. The zero-order chi connectivity index (χ0) is 8.27. The standard InChI is InChI=1S/C8H13N3/c1-3-10-8-4-6(2)7(9)5-11-8/h4-5H,3,9H2,1-2H3,(H,10,11). The van der Waals surface area contributed by atoms with Crippen LogP contribution in [-0.2, 0) is 0 Å². The van der Waals surface area contributed by atoms with Crippen LogP contribution in [0.5, 0.6) is 0 Å². The summed E-state index contributed by atoms with van der Waals surface area (Å²) in [4.78, 5) is 4.09. The van der Waals surface area contributed by atoms with E-state index in [1.165, 1.54) is 0 Å². The second-order valence-corrected chi connectivity index (χ2v) is 2.46. The Labute approximate surface area is 66.6 Å². The number of anilines is 2. The van der Waals surface area contributed by atoms with Gasteiger partial charge in [-0.1, -0.05) is 0 Å². The molecule has 0 aromatic carbocycles. The SMILES string of the molecule is CCNc1cc(C)c(N)cn1. The zero-order valence-electron chi connectivity index (χ0n) is 6.89. The van der Waals surface area contributed by atoms with Crippen molar-refractivity contribution in [2.24, 2.45) is 0 Å². The van der Waals surface area contributed by atoms with E-state index < -0.39 is 0 Å². The van der Waals surface area contributed by atoms with E-state index in [-0.39, 0.29) is 0 Å². The lowest BCUT2D eigenvalue weighted by Gasteiger charge is -2.04. The Morgan fingerprint density at radius 2 is 2.36 bits per heavy atom. The van der Waals surface area contributed by atoms with Crippen molar-refractivity contribution in [1.82, 2.24) is 4.98 Å². The van der Waals surface area contributed by atoms with Crippen molar-refractivity contribution >= 4 is 11.5 Å². The van der Waals surface area contributed by atoms with Gasteiger partial charge in [0.25, 0.3) is 0 Å². The molecular weight excluding hydrogens is 138 g/mol. The highest BCUT2D eigenvalue weighted by molar-refractivity contribution is 5.50. The van der Waals surface area contributed by atoms with E-state index in [0.717, 1.165) is 23.6 Å². The summed E-state index contributed by atoms with van der Waals surface area (Å²) >= 11 is 0. The molecule has 1 rings (SSSR count). The number of nitrogens with one attached hydrogen (secondary N) is 1. The number of rotatable bonds is 2. The first-order chi connectivity index (χ1) is 5.24. The molecule has 3 nitrogen and oxygen atoms in total. The molecule has 0 atom stereocenters. The monoisotopic (exact) mass is 151 g/mol. The van der Waals surface area contributed by atoms with Crippen LogP contribution in [0.4, 0.5) is 11.5 Å². The fraction of sp³-hybridized carbons (Fsp3) is 0.375. The van der Waals surface area contributed by atoms with Crippen LogP contribution in [0.25, 0.3) is 0 Å². The number of aryl methyl sites for hydroxylation is 1. The fourth-order valence-electron chi connectivity index (χ4n) is 0.844. The molecule has 0 unspecified atom stereocenters. The second-order valence-electron chi connectivity index (χ2n) is 2.46. The van der Waals surface area contributed by atoms with Crippen LogP contribution in [-0.4, -0.2) is 11.5 Å². The number of pyridine rings is 1. The van der Waals surface area contributed by atoms with E-state index in [1.54, 1.807) is 6.20 Å². The van der Waals surface area contributed by atoms with Gasteiger partial charge in [-0.15, -0.1) is 0 Å². The van der Waals surface area contributed by atoms with Gasteiger partial charge < -0.3 is 11.1 Å². The lowest BCUT2D eigenvalue weighted by Crippen LogP contribution is -2.00. The van der Waals surface area contributed by atoms with Crippen LogP contribution in [0.3, 0.4) is 0 Å². The highest BCUT2D eigenvalue weighted by Crippen LogP contribution is 2.12. The van der Waals surface area contributed by atoms with Gasteiger partial charge in [-0.2, -0.15) is 0 Å². The third-order valence-corrected chi connectivity index (χ3v) is 1.51. The molecular formula is C8H13N3. The van der Waals surface area contributed by atoms with Crippen molar-refractivity contribution in [2.75, 3.05) is 17.6 Å². The first-order valence-electron chi connectivity index (χ1n) is 3.70. The fourth-order valence-corrected chi connectivity index (χ4v) is 0.844. The maximum Gasteiger partial charge on any atom is 0.126 e. The van der Waals surface area contributed by atoms with Gasteiger partial charge >= 0.3 is 0 Å². The van der Waals surface area contributed by atoms with Crippen molar-refractivity contribution in [3.05, 3.63) is 17.8 Å². The summed E-state index contributed by atoms with van der Waals surface area (Å²) in [5.41, 5.74) is 7.40. The van der Waals surface area contributed by atoms with Crippen molar-refractivity contribution in [3.63, 3.8) is 0 Å². The molecule has 0 saturated carbocycles. The molecule has 11 heavy (non-hydrogen) atoms. The Morgan fingerprint density at radius 1 is 1.64 bits per heavy atom. The minimum atomic E-state index is 0.742. The molecule has 1 aromatic rings. The molecule has 0 spiro atoms. The van der Waals surface area contributed by atoms with Gasteiger partial charge in [-0.3, -0.25) is 0 Å². The lowest BCUT2D eigenvalue weighted by molar-refractivity contribution is 1.15. The molecule has 0 radical (unpaired) electrons. The Morgan fingerprint density at radius 3 is 2.91 bits per heavy atom. The van der Waals surface area contributed by atoms with Crippen molar-refractivity contribution in [3.8, 4) is 0 Å². The molecule has 0 aliphatic carbocycles. The summed E-state index contributed by atoms with van der Waals surface area (Å²) < 4.78 is 0. The molecule has 3 N–H and O–H groups in total. The predicted octanol–water partition coefficient (Wildman–Crippen LogP) is 1.40. The second kappa shape index (κ2) is 3.23. The predicted molar refractivity (Wildman–Crippen MR) is 47.6 cm³/mol. The van der Waals surface area contributed by atoms with Crippen molar-refractivity contribution < 1.29 is 0 Å². The smallest absolute Gasteiger partial charge is 0.126 e. The van der Waals surface area contributed by atoms with E-state index >= 15 is 0 Å². The Kier molecular flexibility index (Phi) is 2.31. The van der Waals surface area contributed by atoms with E-state index in [4.69, 9.17) is 5.73 Å². The number of nitrogen functional groups attached to an aromatic ring is 1.